The van der Waals surface area contributed by atoms with Crippen LogP contribution in [0.25, 0.3) is 0 Å². The molecule has 1 atom stereocenters. The summed E-state index contributed by atoms with van der Waals surface area (Å²) in [5, 5.41) is 9.42. The lowest BCUT2D eigenvalue weighted by Crippen LogP contribution is -2.51. The molecule has 0 aromatic heterocycles. The Morgan fingerprint density at radius 3 is 2.52 bits per heavy atom. The van der Waals surface area contributed by atoms with Crippen molar-refractivity contribution < 1.29 is 13.5 Å². The van der Waals surface area contributed by atoms with E-state index < -0.39 is 10.2 Å². The van der Waals surface area contributed by atoms with E-state index in [2.05, 4.69) is 6.92 Å². The summed E-state index contributed by atoms with van der Waals surface area (Å²) < 4.78 is 28.2. The molecular weight excluding hydrogens is 288 g/mol. The molecule has 1 aliphatic rings. The van der Waals surface area contributed by atoms with Crippen LogP contribution in [0.2, 0.25) is 0 Å². The van der Waals surface area contributed by atoms with E-state index in [9.17, 15) is 13.5 Å². The highest BCUT2D eigenvalue weighted by Crippen LogP contribution is 2.25. The summed E-state index contributed by atoms with van der Waals surface area (Å²) >= 11 is 0. The first kappa shape index (κ1) is 16.3. The second-order valence-corrected chi connectivity index (χ2v) is 7.35. The van der Waals surface area contributed by atoms with Gasteiger partial charge in [0.15, 0.2) is 0 Å². The SMILES string of the molecule is CCc1ccc(N(C)S(=O)(=O)N2CCCCC2CO)cc1. The number of aryl methyl sites for hydroxylation is 1. The van der Waals surface area contributed by atoms with Gasteiger partial charge in [0.05, 0.1) is 12.3 Å². The molecule has 118 valence electrons. The van der Waals surface area contributed by atoms with Gasteiger partial charge in [-0.05, 0) is 37.0 Å². The Hall–Kier alpha value is -1.11. The maximum absolute atomic E-state index is 12.8. The third-order valence-corrected chi connectivity index (χ3v) is 6.11. The fourth-order valence-corrected chi connectivity index (χ4v) is 4.30. The standard InChI is InChI=1S/C15H24N2O3S/c1-3-13-7-9-14(10-8-13)16(2)21(19,20)17-11-5-4-6-15(17)12-18/h7-10,15,18H,3-6,11-12H2,1-2H3. The molecule has 0 amide bonds. The van der Waals surface area contributed by atoms with E-state index in [-0.39, 0.29) is 12.6 Å². The normalized spacial score (nSPS) is 20.4. The first-order chi connectivity index (χ1) is 10.0. The molecular formula is C15H24N2O3S. The highest BCUT2D eigenvalue weighted by atomic mass is 32.2. The van der Waals surface area contributed by atoms with E-state index in [0.717, 1.165) is 25.7 Å². The minimum Gasteiger partial charge on any atom is -0.395 e. The number of anilines is 1. The molecule has 2 rings (SSSR count). The second kappa shape index (κ2) is 6.77. The molecule has 0 bridgehead atoms. The van der Waals surface area contributed by atoms with Gasteiger partial charge in [-0.25, -0.2) is 0 Å². The van der Waals surface area contributed by atoms with Crippen molar-refractivity contribution in [1.82, 2.24) is 4.31 Å². The summed E-state index contributed by atoms with van der Waals surface area (Å²) in [4.78, 5) is 0. The molecule has 1 aromatic carbocycles. The number of benzene rings is 1. The predicted molar refractivity (Wildman–Crippen MR) is 84.6 cm³/mol. The van der Waals surface area contributed by atoms with Crippen molar-refractivity contribution in [3.05, 3.63) is 29.8 Å². The number of aliphatic hydroxyl groups is 1. The monoisotopic (exact) mass is 312 g/mol. The van der Waals surface area contributed by atoms with E-state index in [1.807, 2.05) is 24.3 Å². The zero-order valence-corrected chi connectivity index (χ0v) is 13.5. The number of hydrogen-bond acceptors (Lipinski definition) is 3. The Labute approximate surface area is 127 Å². The highest BCUT2D eigenvalue weighted by molar-refractivity contribution is 7.90. The number of rotatable bonds is 5. The third kappa shape index (κ3) is 3.39. The van der Waals surface area contributed by atoms with E-state index in [0.29, 0.717) is 12.2 Å². The van der Waals surface area contributed by atoms with Gasteiger partial charge < -0.3 is 5.11 Å². The molecule has 1 saturated heterocycles. The van der Waals surface area contributed by atoms with Crippen LogP contribution in [0.15, 0.2) is 24.3 Å². The van der Waals surface area contributed by atoms with Crippen molar-refractivity contribution in [3.63, 3.8) is 0 Å². The molecule has 0 radical (unpaired) electrons. The van der Waals surface area contributed by atoms with Gasteiger partial charge in [-0.2, -0.15) is 12.7 Å². The van der Waals surface area contributed by atoms with E-state index in [1.54, 1.807) is 7.05 Å². The van der Waals surface area contributed by atoms with E-state index in [1.165, 1.54) is 14.2 Å². The molecule has 21 heavy (non-hydrogen) atoms. The lowest BCUT2D eigenvalue weighted by Gasteiger charge is -2.36. The molecule has 0 aliphatic carbocycles. The molecule has 1 unspecified atom stereocenters. The Kier molecular flexibility index (Phi) is 5.24. The smallest absolute Gasteiger partial charge is 0.304 e. The summed E-state index contributed by atoms with van der Waals surface area (Å²) in [7, 11) is -2.02. The fourth-order valence-electron chi connectivity index (χ4n) is 2.69. The van der Waals surface area contributed by atoms with Gasteiger partial charge in [0.2, 0.25) is 0 Å². The molecule has 1 heterocycles. The van der Waals surface area contributed by atoms with Crippen molar-refractivity contribution in [1.29, 1.82) is 0 Å². The van der Waals surface area contributed by atoms with Gasteiger partial charge in [0, 0.05) is 19.6 Å². The molecule has 1 fully saturated rings. The van der Waals surface area contributed by atoms with Gasteiger partial charge in [-0.15, -0.1) is 0 Å². The minimum absolute atomic E-state index is 0.123. The zero-order valence-electron chi connectivity index (χ0n) is 12.7. The van der Waals surface area contributed by atoms with Gasteiger partial charge in [-0.1, -0.05) is 25.5 Å². The van der Waals surface area contributed by atoms with Crippen molar-refractivity contribution in [2.45, 2.75) is 38.6 Å². The van der Waals surface area contributed by atoms with E-state index in [4.69, 9.17) is 0 Å². The van der Waals surface area contributed by atoms with Crippen molar-refractivity contribution in [2.24, 2.45) is 0 Å². The maximum Gasteiger partial charge on any atom is 0.304 e. The summed E-state index contributed by atoms with van der Waals surface area (Å²) in [5.41, 5.74) is 1.82. The summed E-state index contributed by atoms with van der Waals surface area (Å²) in [6.07, 6.45) is 3.46. The fraction of sp³-hybridized carbons (Fsp3) is 0.600. The van der Waals surface area contributed by atoms with Crippen LogP contribution < -0.4 is 4.31 Å². The van der Waals surface area contributed by atoms with Crippen LogP contribution in [0, 0.1) is 0 Å². The molecule has 5 nitrogen and oxygen atoms in total. The van der Waals surface area contributed by atoms with Crippen LogP contribution in [-0.4, -0.2) is 44.1 Å². The lowest BCUT2D eigenvalue weighted by molar-refractivity contribution is 0.155. The third-order valence-electron chi connectivity index (χ3n) is 4.13. The predicted octanol–water partition coefficient (Wildman–Crippen LogP) is 1.78. The lowest BCUT2D eigenvalue weighted by atomic mass is 10.1. The van der Waals surface area contributed by atoms with E-state index >= 15 is 0 Å². The average Bonchev–Trinajstić information content (AvgIpc) is 2.54. The molecule has 0 saturated carbocycles. The van der Waals surface area contributed by atoms with Crippen LogP contribution in [0.4, 0.5) is 5.69 Å². The Bertz CT molecular complexity index is 557. The van der Waals surface area contributed by atoms with Crippen molar-refractivity contribution in [2.75, 3.05) is 24.5 Å². The minimum atomic E-state index is -3.59. The summed E-state index contributed by atoms with van der Waals surface area (Å²) in [5.74, 6) is 0. The van der Waals surface area contributed by atoms with Gasteiger partial charge in [-0.3, -0.25) is 4.31 Å². The Balaban J connectivity index is 2.24. The molecule has 1 N–H and O–H groups in total. The van der Waals surface area contributed by atoms with Gasteiger partial charge in [0.1, 0.15) is 0 Å². The molecule has 1 aliphatic heterocycles. The first-order valence-electron chi connectivity index (χ1n) is 7.46. The Morgan fingerprint density at radius 1 is 1.29 bits per heavy atom. The summed E-state index contributed by atoms with van der Waals surface area (Å²) in [6, 6.07) is 7.24. The van der Waals surface area contributed by atoms with Crippen LogP contribution in [-0.2, 0) is 16.6 Å². The second-order valence-electron chi connectivity index (χ2n) is 5.44. The van der Waals surface area contributed by atoms with Crippen molar-refractivity contribution in [3.8, 4) is 0 Å². The number of piperidine rings is 1. The maximum atomic E-state index is 12.8. The van der Waals surface area contributed by atoms with Crippen LogP contribution in [0.5, 0.6) is 0 Å². The highest BCUT2D eigenvalue weighted by Gasteiger charge is 2.34. The van der Waals surface area contributed by atoms with Crippen LogP contribution >= 0.6 is 0 Å². The molecule has 6 heteroatoms. The molecule has 0 spiro atoms. The number of aliphatic hydroxyl groups excluding tert-OH is 1. The largest absolute Gasteiger partial charge is 0.395 e. The quantitative estimate of drug-likeness (QED) is 0.901. The Morgan fingerprint density at radius 2 is 1.95 bits per heavy atom. The van der Waals surface area contributed by atoms with Crippen LogP contribution in [0.3, 0.4) is 0 Å². The number of hydrogen-bond donors (Lipinski definition) is 1. The van der Waals surface area contributed by atoms with Gasteiger partial charge >= 0.3 is 10.2 Å². The number of nitrogens with zero attached hydrogens (tertiary/aromatic N) is 2. The van der Waals surface area contributed by atoms with Crippen LogP contribution in [0.1, 0.15) is 31.7 Å². The van der Waals surface area contributed by atoms with Gasteiger partial charge in [0.25, 0.3) is 0 Å². The average molecular weight is 312 g/mol. The van der Waals surface area contributed by atoms with Crippen molar-refractivity contribution >= 4 is 15.9 Å². The zero-order chi connectivity index (χ0) is 15.5. The topological polar surface area (TPSA) is 60.9 Å². The molecule has 1 aromatic rings. The first-order valence-corrected chi connectivity index (χ1v) is 8.86. The summed E-state index contributed by atoms with van der Waals surface area (Å²) in [6.45, 7) is 2.42.